The van der Waals surface area contributed by atoms with Crippen LogP contribution < -0.4 is 0 Å². The third-order valence-corrected chi connectivity index (χ3v) is 15.5. The Morgan fingerprint density at radius 3 is 1.44 bits per heavy atom. The fourth-order valence-corrected chi connectivity index (χ4v) is 12.6. The predicted octanol–water partition coefficient (Wildman–Crippen LogP) is 2.87. The van der Waals surface area contributed by atoms with Gasteiger partial charge in [-0.05, 0) is 0 Å². The molecular formula is C14H32N3Sn. The third kappa shape index (κ3) is 3.05. The predicted molar refractivity (Wildman–Crippen MR) is 81.3 cm³/mol. The summed E-state index contributed by atoms with van der Waals surface area (Å²) in [7, 11) is 0. The van der Waals surface area contributed by atoms with Crippen LogP contribution in [0, 0.1) is 0 Å². The minimum atomic E-state index is -1.82. The van der Waals surface area contributed by atoms with Crippen molar-refractivity contribution < 1.29 is 0 Å². The Hall–Kier alpha value is 0.679. The van der Waals surface area contributed by atoms with Crippen LogP contribution in [-0.4, -0.2) is 60.3 Å². The fraction of sp³-hybridized carbons (Fsp3) is 1.00. The first-order chi connectivity index (χ1) is 8.05. The summed E-state index contributed by atoms with van der Waals surface area (Å²) in [5.74, 6) is 0. The van der Waals surface area contributed by atoms with Gasteiger partial charge in [0.15, 0.2) is 0 Å². The van der Waals surface area contributed by atoms with Crippen LogP contribution in [0.4, 0.5) is 0 Å². The van der Waals surface area contributed by atoms with Crippen molar-refractivity contribution in [2.45, 2.75) is 79.6 Å². The van der Waals surface area contributed by atoms with Crippen LogP contribution in [0.3, 0.4) is 0 Å². The van der Waals surface area contributed by atoms with Crippen molar-refractivity contribution in [2.75, 3.05) is 13.1 Å². The van der Waals surface area contributed by atoms with Gasteiger partial charge in [-0.1, -0.05) is 0 Å². The van der Waals surface area contributed by atoms with Crippen LogP contribution >= 0.6 is 0 Å². The quantitative estimate of drug-likeness (QED) is 0.716. The van der Waals surface area contributed by atoms with E-state index >= 15 is 0 Å². The topological polar surface area (TPSA) is 9.72 Å². The molecule has 0 N–H and O–H groups in total. The van der Waals surface area contributed by atoms with Gasteiger partial charge in [0.25, 0.3) is 0 Å². The molecule has 107 valence electrons. The van der Waals surface area contributed by atoms with Crippen molar-refractivity contribution in [3.63, 3.8) is 0 Å². The summed E-state index contributed by atoms with van der Waals surface area (Å²) in [4.78, 5) is 0. The average molecular weight is 361 g/mol. The van der Waals surface area contributed by atoms with E-state index in [1.54, 1.807) is 0 Å². The first kappa shape index (κ1) is 16.7. The molecule has 3 nitrogen and oxygen atoms in total. The third-order valence-electron chi connectivity index (χ3n) is 3.67. The summed E-state index contributed by atoms with van der Waals surface area (Å²) >= 11 is -1.82. The number of nitrogens with zero attached hydrogens (tertiary/aromatic N) is 3. The molecule has 1 saturated heterocycles. The van der Waals surface area contributed by atoms with Gasteiger partial charge < -0.3 is 0 Å². The molecule has 0 amide bonds. The summed E-state index contributed by atoms with van der Waals surface area (Å²) in [5, 5.41) is 0. The van der Waals surface area contributed by atoms with E-state index in [0.717, 1.165) is 0 Å². The first-order valence-electron chi connectivity index (χ1n) is 7.26. The molecular weight excluding hydrogens is 329 g/mol. The summed E-state index contributed by atoms with van der Waals surface area (Å²) in [6.45, 7) is 23.6. The van der Waals surface area contributed by atoms with E-state index in [1.807, 2.05) is 0 Å². The van der Waals surface area contributed by atoms with Gasteiger partial charge in [-0.15, -0.1) is 0 Å². The molecule has 18 heavy (non-hydrogen) atoms. The van der Waals surface area contributed by atoms with Crippen molar-refractivity contribution in [1.82, 2.24) is 9.36 Å². The molecule has 0 atom stereocenters. The second-order valence-corrected chi connectivity index (χ2v) is 13.5. The van der Waals surface area contributed by atoms with Crippen molar-refractivity contribution in [3.05, 3.63) is 0 Å². The molecule has 1 rings (SSSR count). The van der Waals surface area contributed by atoms with Crippen molar-refractivity contribution in [3.8, 4) is 0 Å². The molecule has 0 saturated carbocycles. The van der Waals surface area contributed by atoms with Gasteiger partial charge in [0.05, 0.1) is 0 Å². The van der Waals surface area contributed by atoms with Crippen LogP contribution in [0.1, 0.15) is 62.3 Å². The molecule has 1 aliphatic heterocycles. The van der Waals surface area contributed by atoms with E-state index in [1.165, 1.54) is 13.1 Å². The van der Waals surface area contributed by atoms with E-state index < -0.39 is 20.6 Å². The zero-order valence-electron chi connectivity index (χ0n) is 13.8. The van der Waals surface area contributed by atoms with Crippen molar-refractivity contribution in [2.24, 2.45) is 0 Å². The van der Waals surface area contributed by atoms with E-state index in [9.17, 15) is 0 Å². The zero-order valence-corrected chi connectivity index (χ0v) is 16.7. The number of rotatable bonds is 3. The van der Waals surface area contributed by atoms with Gasteiger partial charge in [-0.25, -0.2) is 0 Å². The molecule has 1 fully saturated rings. The average Bonchev–Trinajstić information content (AvgIpc) is 2.13. The molecule has 0 aromatic carbocycles. The molecule has 1 aliphatic rings. The molecule has 0 aliphatic carbocycles. The first-order valence-corrected chi connectivity index (χ1v) is 11.1. The monoisotopic (exact) mass is 362 g/mol. The molecule has 1 heterocycles. The van der Waals surface area contributed by atoms with Gasteiger partial charge >= 0.3 is 123 Å². The Morgan fingerprint density at radius 2 is 1.22 bits per heavy atom. The number of hydrogen-bond donors (Lipinski definition) is 0. The maximum absolute atomic E-state index is 2.83. The zero-order chi connectivity index (χ0) is 14.3. The van der Waals surface area contributed by atoms with E-state index in [4.69, 9.17) is 0 Å². The second kappa shape index (κ2) is 5.58. The molecule has 0 aromatic heterocycles. The maximum atomic E-state index is 2.83. The SMILES string of the molecule is CC[N](CC)[Sn]1[N](C(C)(C)C)C(C)[N]1C(C)(C)C. The summed E-state index contributed by atoms with van der Waals surface area (Å²) in [5.41, 5.74) is 0.608. The summed E-state index contributed by atoms with van der Waals surface area (Å²) < 4.78 is 8.40. The molecule has 0 aromatic rings. The van der Waals surface area contributed by atoms with Crippen LogP contribution in [0.2, 0.25) is 0 Å². The van der Waals surface area contributed by atoms with Gasteiger partial charge in [-0.3, -0.25) is 0 Å². The molecule has 0 bridgehead atoms. The Bertz CT molecular complexity index is 254. The minimum absolute atomic E-state index is 0.304. The summed E-state index contributed by atoms with van der Waals surface area (Å²) in [6, 6.07) is 0. The second-order valence-electron chi connectivity index (χ2n) is 7.19. The van der Waals surface area contributed by atoms with Gasteiger partial charge in [-0.2, -0.15) is 0 Å². The van der Waals surface area contributed by atoms with E-state index in [0.29, 0.717) is 17.2 Å². The van der Waals surface area contributed by atoms with Crippen LogP contribution in [-0.2, 0) is 0 Å². The molecule has 0 unspecified atom stereocenters. The van der Waals surface area contributed by atoms with Gasteiger partial charge in [0, 0.05) is 0 Å². The van der Waals surface area contributed by atoms with Crippen LogP contribution in [0.15, 0.2) is 0 Å². The Kier molecular flexibility index (Phi) is 5.19. The van der Waals surface area contributed by atoms with Gasteiger partial charge in [0.1, 0.15) is 0 Å². The molecule has 4 heteroatoms. The van der Waals surface area contributed by atoms with Crippen LogP contribution in [0.25, 0.3) is 0 Å². The van der Waals surface area contributed by atoms with Crippen molar-refractivity contribution >= 4 is 20.6 Å². The molecule has 1 radical (unpaired) electrons. The van der Waals surface area contributed by atoms with Gasteiger partial charge in [0.2, 0.25) is 0 Å². The van der Waals surface area contributed by atoms with E-state index in [2.05, 4.69) is 71.7 Å². The van der Waals surface area contributed by atoms with Crippen LogP contribution in [0.5, 0.6) is 0 Å². The normalized spacial score (nSPS) is 21.7. The summed E-state index contributed by atoms with van der Waals surface area (Å²) in [6.07, 6.45) is 0.597. The van der Waals surface area contributed by atoms with Crippen molar-refractivity contribution in [1.29, 1.82) is 0 Å². The Morgan fingerprint density at radius 1 is 0.889 bits per heavy atom. The standard InChI is InChI=1S/C10H22N2.C4H10N.Sn/c1-8(11-9(2,3)4)12-10(5,6)7;1-3-5-4-2;/h8H,1-7H3;3-4H2,1-2H3;/q-2;-1;+3. The fourth-order valence-electron chi connectivity index (χ4n) is 3.04. The Balaban J connectivity index is 3.02. The molecule has 0 spiro atoms. The number of hydrogen-bond acceptors (Lipinski definition) is 3. The Labute approximate surface area is 122 Å². The van der Waals surface area contributed by atoms with E-state index in [-0.39, 0.29) is 0 Å².